The smallest absolute Gasteiger partial charge is 0.00179 e. The molecule has 0 aromatic rings. The first-order valence-corrected chi connectivity index (χ1v) is 9.90. The predicted molar refractivity (Wildman–Crippen MR) is 90.0 cm³/mol. The Morgan fingerprint density at radius 3 is 2.58 bits per heavy atom. The van der Waals surface area contributed by atoms with Crippen molar-refractivity contribution in [3.63, 3.8) is 0 Å². The third-order valence-electron chi connectivity index (χ3n) is 4.70. The summed E-state index contributed by atoms with van der Waals surface area (Å²) in [6, 6.07) is 0. The molecule has 19 heavy (non-hydrogen) atoms. The van der Waals surface area contributed by atoms with Crippen LogP contribution in [-0.2, 0) is 0 Å². The number of thioether (sulfide) groups is 1. The van der Waals surface area contributed by atoms with Gasteiger partial charge in [-0.1, -0.05) is 33.1 Å². The van der Waals surface area contributed by atoms with Crippen LogP contribution < -0.4 is 5.32 Å². The van der Waals surface area contributed by atoms with Crippen LogP contribution >= 0.6 is 11.8 Å². The van der Waals surface area contributed by atoms with Gasteiger partial charge >= 0.3 is 0 Å². The SMILES string of the molecule is CCCNCC1CCC(CCC)CC1CCCSC. The van der Waals surface area contributed by atoms with Gasteiger partial charge in [-0.3, -0.25) is 0 Å². The van der Waals surface area contributed by atoms with Crippen LogP contribution in [-0.4, -0.2) is 25.1 Å². The van der Waals surface area contributed by atoms with Crippen molar-refractivity contribution < 1.29 is 0 Å². The second-order valence-electron chi connectivity index (χ2n) is 6.33. The fraction of sp³-hybridized carbons (Fsp3) is 1.00. The van der Waals surface area contributed by atoms with E-state index in [1.165, 1.54) is 70.2 Å². The molecule has 0 spiro atoms. The summed E-state index contributed by atoms with van der Waals surface area (Å²) in [5.41, 5.74) is 0. The van der Waals surface area contributed by atoms with E-state index in [1.54, 1.807) is 0 Å². The van der Waals surface area contributed by atoms with E-state index in [0.717, 1.165) is 17.8 Å². The summed E-state index contributed by atoms with van der Waals surface area (Å²) in [5, 5.41) is 3.67. The van der Waals surface area contributed by atoms with Gasteiger partial charge in [-0.25, -0.2) is 0 Å². The molecule has 1 saturated carbocycles. The van der Waals surface area contributed by atoms with Crippen molar-refractivity contribution in [3.05, 3.63) is 0 Å². The molecule has 0 saturated heterocycles. The molecule has 3 atom stereocenters. The van der Waals surface area contributed by atoms with Gasteiger partial charge in [-0.2, -0.15) is 11.8 Å². The standard InChI is InChI=1S/C17H35NS/c1-4-7-15-9-10-17(14-18-11-5-2)16(13-15)8-6-12-19-3/h15-18H,4-14H2,1-3H3. The van der Waals surface area contributed by atoms with Gasteiger partial charge in [0.2, 0.25) is 0 Å². The molecule has 1 rings (SSSR count). The van der Waals surface area contributed by atoms with Crippen molar-refractivity contribution in [1.82, 2.24) is 5.32 Å². The lowest BCUT2D eigenvalue weighted by Gasteiger charge is -2.36. The van der Waals surface area contributed by atoms with Crippen LogP contribution in [0, 0.1) is 17.8 Å². The normalized spacial score (nSPS) is 27.6. The average molecular weight is 286 g/mol. The highest BCUT2D eigenvalue weighted by Gasteiger charge is 2.29. The zero-order valence-corrected chi connectivity index (χ0v) is 14.2. The Morgan fingerprint density at radius 1 is 1.05 bits per heavy atom. The summed E-state index contributed by atoms with van der Waals surface area (Å²) in [5.74, 6) is 4.35. The minimum absolute atomic E-state index is 0.960. The molecule has 0 heterocycles. The molecule has 0 aromatic heterocycles. The molecular weight excluding hydrogens is 250 g/mol. The Labute approximate surface area is 125 Å². The van der Waals surface area contributed by atoms with Gasteiger partial charge < -0.3 is 5.32 Å². The number of hydrogen-bond donors (Lipinski definition) is 1. The van der Waals surface area contributed by atoms with Crippen LogP contribution in [0.3, 0.4) is 0 Å². The molecule has 1 aliphatic rings. The number of hydrogen-bond acceptors (Lipinski definition) is 2. The van der Waals surface area contributed by atoms with Crippen molar-refractivity contribution in [1.29, 1.82) is 0 Å². The van der Waals surface area contributed by atoms with Gasteiger partial charge in [0.25, 0.3) is 0 Å². The molecule has 1 aliphatic carbocycles. The lowest BCUT2D eigenvalue weighted by Crippen LogP contribution is -2.33. The quantitative estimate of drug-likeness (QED) is 0.569. The Balaban J connectivity index is 2.37. The molecule has 0 aliphatic heterocycles. The summed E-state index contributed by atoms with van der Waals surface area (Å²) < 4.78 is 0. The second-order valence-corrected chi connectivity index (χ2v) is 7.31. The maximum absolute atomic E-state index is 3.67. The second kappa shape index (κ2) is 11.0. The average Bonchev–Trinajstić information content (AvgIpc) is 2.42. The largest absolute Gasteiger partial charge is 0.316 e. The van der Waals surface area contributed by atoms with E-state index in [2.05, 4.69) is 25.4 Å². The topological polar surface area (TPSA) is 12.0 Å². The molecule has 1 fully saturated rings. The summed E-state index contributed by atoms with van der Waals surface area (Å²) >= 11 is 2.01. The molecule has 1 N–H and O–H groups in total. The van der Waals surface area contributed by atoms with Gasteiger partial charge in [-0.15, -0.1) is 0 Å². The van der Waals surface area contributed by atoms with E-state index in [4.69, 9.17) is 0 Å². The van der Waals surface area contributed by atoms with Gasteiger partial charge in [-0.05, 0) is 75.0 Å². The van der Waals surface area contributed by atoms with Crippen LogP contribution in [0.25, 0.3) is 0 Å². The minimum Gasteiger partial charge on any atom is -0.316 e. The maximum Gasteiger partial charge on any atom is -0.00179 e. The third kappa shape index (κ3) is 7.04. The van der Waals surface area contributed by atoms with Crippen molar-refractivity contribution in [2.45, 2.75) is 65.2 Å². The van der Waals surface area contributed by atoms with Gasteiger partial charge in [0.1, 0.15) is 0 Å². The predicted octanol–water partition coefficient (Wildman–Crippen LogP) is 4.96. The highest BCUT2D eigenvalue weighted by molar-refractivity contribution is 7.98. The fourth-order valence-electron chi connectivity index (χ4n) is 3.67. The first-order valence-electron chi connectivity index (χ1n) is 8.51. The Kier molecular flexibility index (Phi) is 10.1. The van der Waals surface area contributed by atoms with Gasteiger partial charge in [0.15, 0.2) is 0 Å². The molecule has 0 aromatic carbocycles. The summed E-state index contributed by atoms with van der Waals surface area (Å²) in [7, 11) is 0. The van der Waals surface area contributed by atoms with E-state index >= 15 is 0 Å². The van der Waals surface area contributed by atoms with Gasteiger partial charge in [0, 0.05) is 0 Å². The minimum atomic E-state index is 0.960. The Bertz CT molecular complexity index is 207. The van der Waals surface area contributed by atoms with Crippen molar-refractivity contribution in [3.8, 4) is 0 Å². The van der Waals surface area contributed by atoms with Crippen LogP contribution in [0.5, 0.6) is 0 Å². The molecule has 0 radical (unpaired) electrons. The lowest BCUT2D eigenvalue weighted by atomic mass is 9.71. The first kappa shape index (κ1) is 17.4. The van der Waals surface area contributed by atoms with Crippen LogP contribution in [0.15, 0.2) is 0 Å². The maximum atomic E-state index is 3.67. The Hall–Kier alpha value is 0.310. The van der Waals surface area contributed by atoms with Crippen LogP contribution in [0.4, 0.5) is 0 Å². The fourth-order valence-corrected chi connectivity index (χ4v) is 4.13. The van der Waals surface area contributed by atoms with E-state index in [-0.39, 0.29) is 0 Å². The third-order valence-corrected chi connectivity index (χ3v) is 5.40. The van der Waals surface area contributed by atoms with Crippen molar-refractivity contribution in [2.24, 2.45) is 17.8 Å². The summed E-state index contributed by atoms with van der Waals surface area (Å²) in [6.45, 7) is 7.09. The monoisotopic (exact) mass is 285 g/mol. The molecule has 1 nitrogen and oxygen atoms in total. The van der Waals surface area contributed by atoms with E-state index < -0.39 is 0 Å². The number of nitrogens with one attached hydrogen (secondary N) is 1. The Morgan fingerprint density at radius 2 is 1.89 bits per heavy atom. The zero-order chi connectivity index (χ0) is 13.9. The molecule has 114 valence electrons. The molecule has 2 heteroatoms. The van der Waals surface area contributed by atoms with E-state index in [0.29, 0.717) is 0 Å². The van der Waals surface area contributed by atoms with Crippen molar-refractivity contribution in [2.75, 3.05) is 25.1 Å². The summed E-state index contributed by atoms with van der Waals surface area (Å²) in [6.07, 6.45) is 13.7. The summed E-state index contributed by atoms with van der Waals surface area (Å²) in [4.78, 5) is 0. The lowest BCUT2D eigenvalue weighted by molar-refractivity contribution is 0.159. The highest BCUT2D eigenvalue weighted by atomic mass is 32.2. The van der Waals surface area contributed by atoms with Crippen LogP contribution in [0.1, 0.15) is 65.2 Å². The van der Waals surface area contributed by atoms with Crippen molar-refractivity contribution >= 4 is 11.8 Å². The van der Waals surface area contributed by atoms with E-state index in [9.17, 15) is 0 Å². The molecule has 0 amide bonds. The first-order chi connectivity index (χ1) is 9.31. The zero-order valence-electron chi connectivity index (χ0n) is 13.4. The van der Waals surface area contributed by atoms with Gasteiger partial charge in [0.05, 0.1) is 0 Å². The molecule has 3 unspecified atom stereocenters. The van der Waals surface area contributed by atoms with E-state index in [1.807, 2.05) is 11.8 Å². The van der Waals surface area contributed by atoms with Crippen LogP contribution in [0.2, 0.25) is 0 Å². The molecule has 0 bridgehead atoms. The highest BCUT2D eigenvalue weighted by Crippen LogP contribution is 2.38. The molecular formula is C17H35NS. The number of rotatable bonds is 10.